The van der Waals surface area contributed by atoms with Crippen molar-refractivity contribution in [3.63, 3.8) is 0 Å². The molecule has 1 N–H and O–H groups in total. The van der Waals surface area contributed by atoms with Crippen molar-refractivity contribution < 1.29 is 9.26 Å². The molecule has 0 amide bonds. The van der Waals surface area contributed by atoms with Gasteiger partial charge in [0.1, 0.15) is 12.0 Å². The van der Waals surface area contributed by atoms with Crippen LogP contribution in [-0.2, 0) is 13.1 Å². The second-order valence-corrected chi connectivity index (χ2v) is 6.96. The van der Waals surface area contributed by atoms with Gasteiger partial charge in [-0.1, -0.05) is 17.3 Å². The van der Waals surface area contributed by atoms with Crippen LogP contribution in [0.1, 0.15) is 30.7 Å². The molecule has 1 aromatic heterocycles. The average Bonchev–Trinajstić information content (AvgIpc) is 3.21. The number of rotatable bonds is 7. The monoisotopic (exact) mass is 513 g/mol. The Balaban J connectivity index is 0.00000300. The quantitative estimate of drug-likeness (QED) is 0.349. The van der Waals surface area contributed by atoms with Crippen molar-refractivity contribution >= 4 is 29.9 Å². The molecule has 0 radical (unpaired) electrons. The molecule has 3 rings (SSSR count). The van der Waals surface area contributed by atoms with Gasteiger partial charge in [0.15, 0.2) is 5.96 Å². The Hall–Kier alpha value is -1.81. The SMILES string of the molecule is CCNC(=NCc1ccc(OCC)c(C)c1)N1CCN(Cc2ccon2)CC1.I. The number of aromatic nitrogens is 1. The van der Waals surface area contributed by atoms with Gasteiger partial charge in [0.05, 0.1) is 18.8 Å². The molecule has 160 valence electrons. The minimum absolute atomic E-state index is 0. The maximum Gasteiger partial charge on any atom is 0.194 e. The van der Waals surface area contributed by atoms with Gasteiger partial charge in [-0.05, 0) is 38.0 Å². The third-order valence-electron chi connectivity index (χ3n) is 4.83. The number of nitrogens with zero attached hydrogens (tertiary/aromatic N) is 4. The summed E-state index contributed by atoms with van der Waals surface area (Å²) in [6, 6.07) is 8.23. The van der Waals surface area contributed by atoms with Crippen molar-refractivity contribution in [2.45, 2.75) is 33.9 Å². The van der Waals surface area contributed by atoms with Crippen molar-refractivity contribution in [1.82, 2.24) is 20.3 Å². The van der Waals surface area contributed by atoms with E-state index >= 15 is 0 Å². The first-order chi connectivity index (χ1) is 13.7. The largest absolute Gasteiger partial charge is 0.494 e. The fraction of sp³-hybridized carbons (Fsp3) is 0.524. The lowest BCUT2D eigenvalue weighted by molar-refractivity contribution is 0.169. The average molecular weight is 513 g/mol. The van der Waals surface area contributed by atoms with E-state index < -0.39 is 0 Å². The van der Waals surface area contributed by atoms with Gasteiger partial charge in [0.25, 0.3) is 0 Å². The van der Waals surface area contributed by atoms with Crippen molar-refractivity contribution in [1.29, 1.82) is 0 Å². The van der Waals surface area contributed by atoms with Crippen molar-refractivity contribution in [3.8, 4) is 5.75 Å². The topological polar surface area (TPSA) is 66.1 Å². The Morgan fingerprint density at radius 2 is 2.00 bits per heavy atom. The number of benzene rings is 1. The molecule has 0 saturated carbocycles. The highest BCUT2D eigenvalue weighted by Crippen LogP contribution is 2.19. The number of nitrogens with one attached hydrogen (secondary N) is 1. The van der Waals surface area contributed by atoms with Crippen molar-refractivity contribution in [2.75, 3.05) is 39.3 Å². The van der Waals surface area contributed by atoms with E-state index in [1.807, 2.05) is 19.1 Å². The minimum atomic E-state index is 0. The first-order valence-corrected chi connectivity index (χ1v) is 10.1. The molecule has 1 aliphatic heterocycles. The molecule has 8 heteroatoms. The van der Waals surface area contributed by atoms with Crippen molar-refractivity contribution in [3.05, 3.63) is 47.3 Å². The summed E-state index contributed by atoms with van der Waals surface area (Å²) in [5.41, 5.74) is 3.34. The Morgan fingerprint density at radius 3 is 2.62 bits per heavy atom. The van der Waals surface area contributed by atoms with Gasteiger partial charge < -0.3 is 19.5 Å². The fourth-order valence-corrected chi connectivity index (χ4v) is 3.39. The lowest BCUT2D eigenvalue weighted by atomic mass is 10.1. The molecule has 1 aromatic carbocycles. The molecule has 1 aliphatic rings. The number of piperazine rings is 1. The number of hydrogen-bond acceptors (Lipinski definition) is 5. The summed E-state index contributed by atoms with van der Waals surface area (Å²) in [6.07, 6.45) is 1.63. The molecule has 0 spiro atoms. The zero-order valence-corrected chi connectivity index (χ0v) is 19.9. The fourth-order valence-electron chi connectivity index (χ4n) is 3.39. The predicted octanol–water partition coefficient (Wildman–Crippen LogP) is 3.28. The molecule has 0 aliphatic carbocycles. The van der Waals surface area contributed by atoms with Gasteiger partial charge in [-0.3, -0.25) is 4.90 Å². The highest BCUT2D eigenvalue weighted by atomic mass is 127. The first kappa shape index (κ1) is 23.5. The maximum absolute atomic E-state index is 5.63. The molecule has 2 heterocycles. The number of aryl methyl sites for hydroxylation is 1. The van der Waals surface area contributed by atoms with Gasteiger partial charge in [-0.15, -0.1) is 24.0 Å². The van der Waals surface area contributed by atoms with Crippen LogP contribution in [0.5, 0.6) is 5.75 Å². The summed E-state index contributed by atoms with van der Waals surface area (Å²) >= 11 is 0. The highest BCUT2D eigenvalue weighted by Gasteiger charge is 2.20. The van der Waals surface area contributed by atoms with Gasteiger partial charge >= 0.3 is 0 Å². The van der Waals surface area contributed by atoms with Crippen LogP contribution < -0.4 is 10.1 Å². The third kappa shape index (κ3) is 6.88. The Morgan fingerprint density at radius 1 is 1.21 bits per heavy atom. The molecule has 0 bridgehead atoms. The molecule has 2 aromatic rings. The summed E-state index contributed by atoms with van der Waals surface area (Å²) in [6.45, 7) is 13.1. The second kappa shape index (κ2) is 12.0. The normalized spacial score (nSPS) is 15.1. The lowest BCUT2D eigenvalue weighted by Crippen LogP contribution is -2.52. The van der Waals surface area contributed by atoms with E-state index in [4.69, 9.17) is 14.3 Å². The van der Waals surface area contributed by atoms with Gasteiger partial charge in [0, 0.05) is 45.3 Å². The Labute approximate surface area is 190 Å². The highest BCUT2D eigenvalue weighted by molar-refractivity contribution is 14.0. The summed E-state index contributed by atoms with van der Waals surface area (Å²) in [7, 11) is 0. The second-order valence-electron chi connectivity index (χ2n) is 6.96. The van der Waals surface area contributed by atoms with Crippen LogP contribution in [0.25, 0.3) is 0 Å². The van der Waals surface area contributed by atoms with Gasteiger partial charge in [0.2, 0.25) is 0 Å². The van der Waals surface area contributed by atoms with E-state index in [1.54, 1.807) is 6.26 Å². The van der Waals surface area contributed by atoms with E-state index in [-0.39, 0.29) is 24.0 Å². The predicted molar refractivity (Wildman–Crippen MR) is 126 cm³/mol. The molecular formula is C21H32IN5O2. The van der Waals surface area contributed by atoms with Crippen molar-refractivity contribution in [2.24, 2.45) is 4.99 Å². The van der Waals surface area contributed by atoms with E-state index in [0.29, 0.717) is 13.2 Å². The number of hydrogen-bond donors (Lipinski definition) is 1. The van der Waals surface area contributed by atoms with Crippen LogP contribution in [0, 0.1) is 6.92 Å². The summed E-state index contributed by atoms with van der Waals surface area (Å²) in [4.78, 5) is 9.60. The Kier molecular flexibility index (Phi) is 9.72. The zero-order valence-electron chi connectivity index (χ0n) is 17.6. The number of guanidine groups is 1. The number of halogens is 1. The molecular weight excluding hydrogens is 481 g/mol. The molecule has 29 heavy (non-hydrogen) atoms. The van der Waals surface area contributed by atoms with Gasteiger partial charge in [-0.2, -0.15) is 0 Å². The van der Waals surface area contributed by atoms with E-state index in [0.717, 1.165) is 62.2 Å². The first-order valence-electron chi connectivity index (χ1n) is 10.1. The summed E-state index contributed by atoms with van der Waals surface area (Å²) < 4.78 is 10.6. The van der Waals surface area contributed by atoms with E-state index in [2.05, 4.69) is 46.3 Å². The van der Waals surface area contributed by atoms with E-state index in [9.17, 15) is 0 Å². The summed E-state index contributed by atoms with van der Waals surface area (Å²) in [5, 5.41) is 7.44. The lowest BCUT2D eigenvalue weighted by Gasteiger charge is -2.36. The molecule has 0 atom stereocenters. The van der Waals surface area contributed by atoms with E-state index in [1.165, 1.54) is 5.56 Å². The van der Waals surface area contributed by atoms with Crippen LogP contribution in [0.2, 0.25) is 0 Å². The van der Waals surface area contributed by atoms with Crippen LogP contribution in [0.4, 0.5) is 0 Å². The molecule has 7 nitrogen and oxygen atoms in total. The minimum Gasteiger partial charge on any atom is -0.494 e. The molecule has 0 unspecified atom stereocenters. The zero-order chi connectivity index (χ0) is 19.8. The standard InChI is InChI=1S/C21H31N5O2.HI/c1-4-22-21(23-15-18-6-7-20(27-5-2)17(3)14-18)26-11-9-25(10-12-26)16-19-8-13-28-24-19;/h6-8,13-14H,4-5,9-12,15-16H2,1-3H3,(H,22,23);1H. The number of ether oxygens (including phenoxy) is 1. The van der Waals surface area contributed by atoms with Gasteiger partial charge in [-0.25, -0.2) is 4.99 Å². The third-order valence-corrected chi connectivity index (χ3v) is 4.83. The van der Waals surface area contributed by atoms with Crippen LogP contribution >= 0.6 is 24.0 Å². The van der Waals surface area contributed by atoms with Crippen LogP contribution in [0.15, 0.2) is 40.0 Å². The molecule has 1 fully saturated rings. The molecule has 1 saturated heterocycles. The smallest absolute Gasteiger partial charge is 0.194 e. The Bertz CT molecular complexity index is 758. The van der Waals surface area contributed by atoms with Crippen LogP contribution in [0.3, 0.4) is 0 Å². The summed E-state index contributed by atoms with van der Waals surface area (Å²) in [5.74, 6) is 1.93. The number of aliphatic imine (C=N–C) groups is 1. The maximum atomic E-state index is 5.63. The van der Waals surface area contributed by atoms with Crippen LogP contribution in [-0.4, -0.2) is 60.2 Å².